The molecular weight excluding hydrogens is 334 g/mol. The maximum absolute atomic E-state index is 12.4. The lowest BCUT2D eigenvalue weighted by atomic mass is 10.1. The van der Waals surface area contributed by atoms with Crippen LogP contribution >= 0.6 is 0 Å². The van der Waals surface area contributed by atoms with E-state index in [1.165, 1.54) is 4.90 Å². The molecule has 1 fully saturated rings. The number of methoxy groups -OCH3 is 1. The summed E-state index contributed by atoms with van der Waals surface area (Å²) in [6, 6.07) is 6.14. The summed E-state index contributed by atoms with van der Waals surface area (Å²) in [7, 11) is 1.58. The summed E-state index contributed by atoms with van der Waals surface area (Å²) in [5.41, 5.74) is 0.835. The largest absolute Gasteiger partial charge is 0.497 e. The van der Waals surface area contributed by atoms with E-state index in [2.05, 4.69) is 24.5 Å². The standard InChI is InChI=1S/C19H27N3O4/c1-13(2)10-11-20-17(23)9-8-16-18(24)22(19(25)21-16)12-14-4-6-15(26-3)7-5-14/h4-7,13,16H,8-12H2,1-3H3,(H,20,23)(H,21,25)/t16-/m1/s1. The molecular formula is C19H27N3O4. The Morgan fingerprint density at radius 3 is 2.58 bits per heavy atom. The van der Waals surface area contributed by atoms with Gasteiger partial charge in [-0.1, -0.05) is 26.0 Å². The van der Waals surface area contributed by atoms with Gasteiger partial charge >= 0.3 is 6.03 Å². The molecule has 1 saturated heterocycles. The summed E-state index contributed by atoms with van der Waals surface area (Å²) in [5.74, 6) is 0.854. The second kappa shape index (κ2) is 9.22. The topological polar surface area (TPSA) is 87.7 Å². The fourth-order valence-electron chi connectivity index (χ4n) is 2.70. The lowest BCUT2D eigenvalue weighted by Crippen LogP contribution is -2.32. The van der Waals surface area contributed by atoms with Gasteiger partial charge in [0.15, 0.2) is 0 Å². The van der Waals surface area contributed by atoms with E-state index in [9.17, 15) is 14.4 Å². The first kappa shape index (κ1) is 19.8. The van der Waals surface area contributed by atoms with Crippen LogP contribution in [0.5, 0.6) is 5.75 Å². The normalized spacial score (nSPS) is 16.8. The van der Waals surface area contributed by atoms with Crippen LogP contribution in [0.4, 0.5) is 4.79 Å². The minimum atomic E-state index is -0.642. The summed E-state index contributed by atoms with van der Waals surface area (Å²) < 4.78 is 5.10. The Kier molecular flexibility index (Phi) is 7.00. The molecule has 1 atom stereocenters. The SMILES string of the molecule is COc1ccc(CN2C(=O)N[C@H](CCC(=O)NCCC(C)C)C2=O)cc1. The number of amides is 4. The van der Waals surface area contributed by atoms with Crippen LogP contribution in [0, 0.1) is 5.92 Å². The summed E-state index contributed by atoms with van der Waals surface area (Å²) in [5, 5.41) is 5.50. The molecule has 7 heteroatoms. The van der Waals surface area contributed by atoms with Gasteiger partial charge in [-0.2, -0.15) is 0 Å². The summed E-state index contributed by atoms with van der Waals surface area (Å²) in [4.78, 5) is 37.6. The zero-order chi connectivity index (χ0) is 19.1. The Morgan fingerprint density at radius 2 is 1.96 bits per heavy atom. The number of urea groups is 1. The molecule has 26 heavy (non-hydrogen) atoms. The molecule has 0 radical (unpaired) electrons. The number of rotatable bonds is 9. The molecule has 1 aliphatic heterocycles. The number of carbonyl (C=O) groups excluding carboxylic acids is 3. The number of imide groups is 1. The fourth-order valence-corrected chi connectivity index (χ4v) is 2.70. The molecule has 1 heterocycles. The first-order chi connectivity index (χ1) is 12.4. The first-order valence-corrected chi connectivity index (χ1v) is 8.92. The van der Waals surface area contributed by atoms with E-state index in [0.29, 0.717) is 24.6 Å². The quantitative estimate of drug-likeness (QED) is 0.659. The zero-order valence-electron chi connectivity index (χ0n) is 15.6. The predicted octanol–water partition coefficient (Wildman–Crippen LogP) is 2.06. The van der Waals surface area contributed by atoms with Crippen molar-refractivity contribution in [3.63, 3.8) is 0 Å². The van der Waals surface area contributed by atoms with Crippen LogP contribution in [0.1, 0.15) is 38.7 Å². The van der Waals surface area contributed by atoms with E-state index in [-0.39, 0.29) is 24.8 Å². The molecule has 0 bridgehead atoms. The average Bonchev–Trinajstić information content (AvgIpc) is 2.88. The van der Waals surface area contributed by atoms with Crippen molar-refractivity contribution in [1.82, 2.24) is 15.5 Å². The number of nitrogens with one attached hydrogen (secondary N) is 2. The highest BCUT2D eigenvalue weighted by Gasteiger charge is 2.37. The van der Waals surface area contributed by atoms with Gasteiger partial charge in [0.05, 0.1) is 13.7 Å². The van der Waals surface area contributed by atoms with E-state index < -0.39 is 12.1 Å². The van der Waals surface area contributed by atoms with Crippen molar-refractivity contribution in [2.24, 2.45) is 5.92 Å². The molecule has 142 valence electrons. The first-order valence-electron chi connectivity index (χ1n) is 8.92. The molecule has 1 aromatic carbocycles. The third kappa shape index (κ3) is 5.47. The van der Waals surface area contributed by atoms with Gasteiger partial charge in [0.25, 0.3) is 5.91 Å². The maximum atomic E-state index is 12.4. The average molecular weight is 361 g/mol. The van der Waals surface area contributed by atoms with Crippen LogP contribution in [0.3, 0.4) is 0 Å². The second-order valence-electron chi connectivity index (χ2n) is 6.85. The Balaban J connectivity index is 1.82. The number of hydrogen-bond donors (Lipinski definition) is 2. The van der Waals surface area contributed by atoms with E-state index in [1.54, 1.807) is 19.2 Å². The van der Waals surface area contributed by atoms with Crippen LogP contribution < -0.4 is 15.4 Å². The molecule has 4 amide bonds. The van der Waals surface area contributed by atoms with Crippen LogP contribution in [-0.2, 0) is 16.1 Å². The third-order valence-corrected chi connectivity index (χ3v) is 4.31. The monoisotopic (exact) mass is 361 g/mol. The van der Waals surface area contributed by atoms with Crippen molar-refractivity contribution in [2.75, 3.05) is 13.7 Å². The Bertz CT molecular complexity index is 643. The van der Waals surface area contributed by atoms with Crippen molar-refractivity contribution in [3.05, 3.63) is 29.8 Å². The Morgan fingerprint density at radius 1 is 1.27 bits per heavy atom. The van der Waals surface area contributed by atoms with Crippen molar-refractivity contribution >= 4 is 17.8 Å². The fraction of sp³-hybridized carbons (Fsp3) is 0.526. The molecule has 0 spiro atoms. The smallest absolute Gasteiger partial charge is 0.325 e. The van der Waals surface area contributed by atoms with Gasteiger partial charge in [0, 0.05) is 13.0 Å². The summed E-state index contributed by atoms with van der Waals surface area (Å²) >= 11 is 0. The second-order valence-corrected chi connectivity index (χ2v) is 6.85. The van der Waals surface area contributed by atoms with E-state index in [4.69, 9.17) is 4.74 Å². The maximum Gasteiger partial charge on any atom is 0.325 e. The van der Waals surface area contributed by atoms with E-state index in [1.807, 2.05) is 12.1 Å². The van der Waals surface area contributed by atoms with Crippen LogP contribution in [0.2, 0.25) is 0 Å². The number of hydrogen-bond acceptors (Lipinski definition) is 4. The van der Waals surface area contributed by atoms with Gasteiger partial charge in [-0.15, -0.1) is 0 Å². The Labute approximate surface area is 154 Å². The summed E-state index contributed by atoms with van der Waals surface area (Å²) in [6.45, 7) is 5.02. The minimum Gasteiger partial charge on any atom is -0.497 e. The van der Waals surface area contributed by atoms with Crippen molar-refractivity contribution < 1.29 is 19.1 Å². The zero-order valence-corrected chi connectivity index (χ0v) is 15.6. The number of ether oxygens (including phenoxy) is 1. The molecule has 0 unspecified atom stereocenters. The van der Waals surface area contributed by atoms with Gasteiger partial charge in [-0.25, -0.2) is 4.79 Å². The van der Waals surface area contributed by atoms with Gasteiger partial charge in [-0.3, -0.25) is 14.5 Å². The highest BCUT2D eigenvalue weighted by atomic mass is 16.5. The van der Waals surface area contributed by atoms with Gasteiger partial charge < -0.3 is 15.4 Å². The number of carbonyl (C=O) groups is 3. The summed E-state index contributed by atoms with van der Waals surface area (Å²) in [6.07, 6.45) is 1.43. The van der Waals surface area contributed by atoms with Gasteiger partial charge in [0.1, 0.15) is 11.8 Å². The van der Waals surface area contributed by atoms with Crippen LogP contribution in [-0.4, -0.2) is 42.4 Å². The molecule has 0 aliphatic carbocycles. The van der Waals surface area contributed by atoms with E-state index in [0.717, 1.165) is 12.0 Å². The molecule has 2 rings (SSSR count). The molecule has 1 aromatic rings. The predicted molar refractivity (Wildman–Crippen MR) is 97.6 cm³/mol. The molecule has 2 N–H and O–H groups in total. The highest BCUT2D eigenvalue weighted by Crippen LogP contribution is 2.17. The van der Waals surface area contributed by atoms with Crippen molar-refractivity contribution in [3.8, 4) is 5.75 Å². The minimum absolute atomic E-state index is 0.0960. The lowest BCUT2D eigenvalue weighted by molar-refractivity contribution is -0.128. The Hall–Kier alpha value is -2.57. The van der Waals surface area contributed by atoms with E-state index >= 15 is 0 Å². The third-order valence-electron chi connectivity index (χ3n) is 4.31. The van der Waals surface area contributed by atoms with Crippen molar-refractivity contribution in [1.29, 1.82) is 0 Å². The molecule has 1 aliphatic rings. The molecule has 0 saturated carbocycles. The molecule has 7 nitrogen and oxygen atoms in total. The van der Waals surface area contributed by atoms with Gasteiger partial charge in [0.2, 0.25) is 5.91 Å². The van der Waals surface area contributed by atoms with Crippen molar-refractivity contribution in [2.45, 2.75) is 45.7 Å². The van der Waals surface area contributed by atoms with Crippen LogP contribution in [0.15, 0.2) is 24.3 Å². The van der Waals surface area contributed by atoms with Crippen LogP contribution in [0.25, 0.3) is 0 Å². The van der Waals surface area contributed by atoms with Gasteiger partial charge in [-0.05, 0) is 36.5 Å². The molecule has 0 aromatic heterocycles. The number of benzene rings is 1. The highest BCUT2D eigenvalue weighted by molar-refractivity contribution is 6.04. The number of nitrogens with zero attached hydrogens (tertiary/aromatic N) is 1. The lowest BCUT2D eigenvalue weighted by Gasteiger charge is -2.13.